The van der Waals surface area contributed by atoms with Crippen molar-refractivity contribution in [1.82, 2.24) is 9.97 Å². The Labute approximate surface area is 90.5 Å². The number of hydrogen-bond donors (Lipinski definition) is 3. The summed E-state index contributed by atoms with van der Waals surface area (Å²) in [7, 11) is 0. The quantitative estimate of drug-likeness (QED) is 0.504. The molecule has 15 heavy (non-hydrogen) atoms. The van der Waals surface area contributed by atoms with Crippen molar-refractivity contribution in [2.75, 3.05) is 17.3 Å². The van der Waals surface area contributed by atoms with Crippen LogP contribution in [0.15, 0.2) is 6.07 Å². The van der Waals surface area contributed by atoms with Crippen LogP contribution in [0.1, 0.15) is 26.6 Å². The summed E-state index contributed by atoms with van der Waals surface area (Å²) in [4.78, 5) is 8.56. The van der Waals surface area contributed by atoms with Gasteiger partial charge in [0, 0.05) is 19.0 Å². The van der Waals surface area contributed by atoms with E-state index in [9.17, 15) is 0 Å². The molecule has 84 valence electrons. The molecule has 5 heteroatoms. The fraction of sp³-hybridized carbons (Fsp3) is 0.600. The highest BCUT2D eigenvalue weighted by atomic mass is 15.3. The zero-order chi connectivity index (χ0) is 11.3. The molecule has 0 aliphatic heterocycles. The molecular weight excluding hydrogens is 190 g/mol. The number of nitrogen functional groups attached to an aromatic ring is 1. The third kappa shape index (κ3) is 3.71. The maximum absolute atomic E-state index is 5.33. The average Bonchev–Trinajstić information content (AvgIpc) is 2.25. The minimum atomic E-state index is 0.583. The van der Waals surface area contributed by atoms with Gasteiger partial charge in [-0.25, -0.2) is 15.8 Å². The molecule has 0 unspecified atom stereocenters. The lowest BCUT2D eigenvalue weighted by Gasteiger charge is -2.10. The second kappa shape index (κ2) is 5.50. The van der Waals surface area contributed by atoms with E-state index in [4.69, 9.17) is 5.84 Å². The van der Waals surface area contributed by atoms with Crippen molar-refractivity contribution in [2.45, 2.75) is 27.2 Å². The molecule has 0 saturated heterocycles. The largest absolute Gasteiger partial charge is 0.370 e. The van der Waals surface area contributed by atoms with Crippen molar-refractivity contribution < 1.29 is 0 Å². The van der Waals surface area contributed by atoms with Crippen molar-refractivity contribution >= 4 is 11.6 Å². The first-order valence-electron chi connectivity index (χ1n) is 5.24. The second-order valence-electron chi connectivity index (χ2n) is 3.83. The second-order valence-corrected chi connectivity index (χ2v) is 3.83. The van der Waals surface area contributed by atoms with E-state index in [1.54, 1.807) is 0 Å². The third-order valence-electron chi connectivity index (χ3n) is 1.93. The smallest absolute Gasteiger partial charge is 0.145 e. The van der Waals surface area contributed by atoms with Crippen LogP contribution in [0.2, 0.25) is 0 Å². The monoisotopic (exact) mass is 209 g/mol. The van der Waals surface area contributed by atoms with Crippen LogP contribution >= 0.6 is 0 Å². The lowest BCUT2D eigenvalue weighted by atomic mass is 10.2. The van der Waals surface area contributed by atoms with E-state index >= 15 is 0 Å². The Kier molecular flexibility index (Phi) is 4.30. The molecule has 0 amide bonds. The molecular formula is C10H19N5. The number of hydrazine groups is 1. The van der Waals surface area contributed by atoms with Gasteiger partial charge in [0.1, 0.15) is 17.5 Å². The molecule has 4 N–H and O–H groups in total. The number of nitrogens with zero attached hydrogens (tertiary/aromatic N) is 2. The van der Waals surface area contributed by atoms with E-state index in [0.717, 1.165) is 24.6 Å². The molecule has 0 aromatic carbocycles. The van der Waals surface area contributed by atoms with E-state index in [1.807, 2.05) is 13.0 Å². The number of hydrogen-bond acceptors (Lipinski definition) is 5. The highest BCUT2D eigenvalue weighted by Crippen LogP contribution is 2.11. The van der Waals surface area contributed by atoms with E-state index in [2.05, 4.69) is 34.6 Å². The lowest BCUT2D eigenvalue weighted by molar-refractivity contribution is 0.686. The summed E-state index contributed by atoms with van der Waals surface area (Å²) < 4.78 is 0. The Balaban J connectivity index is 2.77. The Hall–Kier alpha value is -1.36. The molecule has 0 aliphatic carbocycles. The lowest BCUT2D eigenvalue weighted by Crippen LogP contribution is -2.14. The summed E-state index contributed by atoms with van der Waals surface area (Å²) in [5.74, 6) is 8.17. The van der Waals surface area contributed by atoms with Gasteiger partial charge in [-0.2, -0.15) is 0 Å². The van der Waals surface area contributed by atoms with Crippen LogP contribution in [0.3, 0.4) is 0 Å². The van der Waals surface area contributed by atoms with Gasteiger partial charge in [-0.3, -0.25) is 0 Å². The summed E-state index contributed by atoms with van der Waals surface area (Å²) in [6.45, 7) is 7.21. The highest BCUT2D eigenvalue weighted by molar-refractivity contribution is 5.46. The third-order valence-corrected chi connectivity index (χ3v) is 1.93. The van der Waals surface area contributed by atoms with Crippen LogP contribution in [0.25, 0.3) is 0 Å². The first kappa shape index (κ1) is 11.7. The van der Waals surface area contributed by atoms with Gasteiger partial charge in [0.25, 0.3) is 0 Å². The van der Waals surface area contributed by atoms with Gasteiger partial charge in [-0.05, 0) is 5.92 Å². The Morgan fingerprint density at radius 3 is 2.53 bits per heavy atom. The molecule has 1 aromatic heterocycles. The first-order valence-corrected chi connectivity index (χ1v) is 5.24. The van der Waals surface area contributed by atoms with Crippen LogP contribution in [0.5, 0.6) is 0 Å². The van der Waals surface area contributed by atoms with Crippen LogP contribution in [0, 0.1) is 5.92 Å². The summed E-state index contributed by atoms with van der Waals surface area (Å²) in [5, 5.41) is 3.25. The molecule has 1 rings (SSSR count). The predicted molar refractivity (Wildman–Crippen MR) is 62.5 cm³/mol. The predicted octanol–water partition coefficient (Wildman–Crippen LogP) is 1.39. The molecule has 0 fully saturated rings. The van der Waals surface area contributed by atoms with Crippen LogP contribution in [-0.4, -0.2) is 16.5 Å². The summed E-state index contributed by atoms with van der Waals surface area (Å²) in [6, 6.07) is 1.81. The van der Waals surface area contributed by atoms with Gasteiger partial charge in [0.2, 0.25) is 0 Å². The normalized spacial score (nSPS) is 10.5. The summed E-state index contributed by atoms with van der Waals surface area (Å²) in [5.41, 5.74) is 2.54. The van der Waals surface area contributed by atoms with E-state index in [0.29, 0.717) is 11.7 Å². The van der Waals surface area contributed by atoms with E-state index in [1.165, 1.54) is 0 Å². The molecule has 0 saturated carbocycles. The van der Waals surface area contributed by atoms with Gasteiger partial charge in [-0.1, -0.05) is 20.8 Å². The topological polar surface area (TPSA) is 75.9 Å². The van der Waals surface area contributed by atoms with Crippen LogP contribution in [-0.2, 0) is 6.42 Å². The molecule has 0 atom stereocenters. The Morgan fingerprint density at radius 1 is 1.33 bits per heavy atom. The maximum atomic E-state index is 5.33. The van der Waals surface area contributed by atoms with Crippen LogP contribution < -0.4 is 16.6 Å². The number of anilines is 2. The fourth-order valence-electron chi connectivity index (χ4n) is 1.13. The number of rotatable bonds is 5. The van der Waals surface area contributed by atoms with E-state index in [-0.39, 0.29) is 0 Å². The van der Waals surface area contributed by atoms with Gasteiger partial charge >= 0.3 is 0 Å². The van der Waals surface area contributed by atoms with Crippen molar-refractivity contribution in [3.05, 3.63) is 11.9 Å². The van der Waals surface area contributed by atoms with E-state index < -0.39 is 0 Å². The minimum absolute atomic E-state index is 0.583. The van der Waals surface area contributed by atoms with Gasteiger partial charge in [0.05, 0.1) is 0 Å². The molecule has 1 heterocycles. The molecule has 0 bridgehead atoms. The maximum Gasteiger partial charge on any atom is 0.145 e. The number of aromatic nitrogens is 2. The zero-order valence-electron chi connectivity index (χ0n) is 9.54. The fourth-order valence-corrected chi connectivity index (χ4v) is 1.13. The van der Waals surface area contributed by atoms with Crippen molar-refractivity contribution in [3.8, 4) is 0 Å². The molecule has 0 radical (unpaired) electrons. The molecule has 0 spiro atoms. The summed E-state index contributed by atoms with van der Waals surface area (Å²) >= 11 is 0. The van der Waals surface area contributed by atoms with Crippen molar-refractivity contribution in [3.63, 3.8) is 0 Å². The summed E-state index contributed by atoms with van der Waals surface area (Å²) in [6.07, 6.45) is 0.797. The minimum Gasteiger partial charge on any atom is -0.370 e. The molecule has 0 aliphatic rings. The zero-order valence-corrected chi connectivity index (χ0v) is 9.54. The average molecular weight is 209 g/mol. The molecule has 1 aromatic rings. The number of aryl methyl sites for hydroxylation is 1. The van der Waals surface area contributed by atoms with Crippen LogP contribution in [0.4, 0.5) is 11.6 Å². The van der Waals surface area contributed by atoms with Gasteiger partial charge in [0.15, 0.2) is 0 Å². The highest BCUT2D eigenvalue weighted by Gasteiger charge is 2.02. The van der Waals surface area contributed by atoms with Gasteiger partial charge < -0.3 is 10.7 Å². The first-order chi connectivity index (χ1) is 7.15. The SMILES string of the molecule is CCc1nc(NN)cc(NCC(C)C)n1. The van der Waals surface area contributed by atoms with Gasteiger partial charge in [-0.15, -0.1) is 0 Å². The van der Waals surface area contributed by atoms with Crippen molar-refractivity contribution in [2.24, 2.45) is 11.8 Å². The van der Waals surface area contributed by atoms with Crippen molar-refractivity contribution in [1.29, 1.82) is 0 Å². The Morgan fingerprint density at radius 2 is 2.00 bits per heavy atom. The number of nitrogens with one attached hydrogen (secondary N) is 2. The Bertz CT molecular complexity index is 288. The number of nitrogens with two attached hydrogens (primary N) is 1. The molecule has 5 nitrogen and oxygen atoms in total. The standard InChI is InChI=1S/C10H19N5/c1-4-8-13-9(12-6-7(2)3)5-10(14-8)15-11/h5,7H,4,6,11H2,1-3H3,(H2,12,13,14,15).